The highest BCUT2D eigenvalue weighted by atomic mass is 32.2. The Bertz CT molecular complexity index is 394. The Morgan fingerprint density at radius 2 is 1.90 bits per heavy atom. The molecule has 0 bridgehead atoms. The first-order chi connectivity index (χ1) is 9.57. The average Bonchev–Trinajstić information content (AvgIpc) is 2.48. The lowest BCUT2D eigenvalue weighted by Crippen LogP contribution is -2.53. The second-order valence-corrected chi connectivity index (χ2v) is 7.60. The maximum absolute atomic E-state index is 12.6. The van der Waals surface area contributed by atoms with E-state index >= 15 is 0 Å². The van der Waals surface area contributed by atoms with E-state index in [1.54, 1.807) is 8.61 Å². The number of hydrogen-bond donors (Lipinski definition) is 1. The van der Waals surface area contributed by atoms with E-state index < -0.39 is 10.2 Å². The summed E-state index contributed by atoms with van der Waals surface area (Å²) in [6.07, 6.45) is 2.79. The Morgan fingerprint density at radius 3 is 2.50 bits per heavy atom. The molecule has 2 heterocycles. The molecule has 0 aromatic heterocycles. The summed E-state index contributed by atoms with van der Waals surface area (Å²) in [4.78, 5) is 0. The molecule has 20 heavy (non-hydrogen) atoms. The van der Waals surface area contributed by atoms with Gasteiger partial charge in [-0.15, -0.1) is 0 Å². The van der Waals surface area contributed by atoms with Gasteiger partial charge in [-0.2, -0.15) is 17.0 Å². The molecule has 0 saturated carbocycles. The molecule has 6 nitrogen and oxygen atoms in total. The summed E-state index contributed by atoms with van der Waals surface area (Å²) in [6, 6.07) is 0. The van der Waals surface area contributed by atoms with Gasteiger partial charge in [-0.05, 0) is 38.8 Å². The number of hydrogen-bond acceptors (Lipinski definition) is 4. The molecule has 2 rings (SSSR count). The largest absolute Gasteiger partial charge is 0.375 e. The molecule has 0 aromatic rings. The van der Waals surface area contributed by atoms with Crippen LogP contribution in [0, 0.1) is 5.92 Å². The zero-order valence-corrected chi connectivity index (χ0v) is 13.4. The van der Waals surface area contributed by atoms with Crippen molar-refractivity contribution in [2.45, 2.75) is 32.3 Å². The van der Waals surface area contributed by atoms with Gasteiger partial charge in [-0.1, -0.05) is 6.92 Å². The average molecular weight is 305 g/mol. The minimum atomic E-state index is -3.30. The van der Waals surface area contributed by atoms with Gasteiger partial charge in [0.2, 0.25) is 0 Å². The van der Waals surface area contributed by atoms with Crippen LogP contribution in [0.4, 0.5) is 0 Å². The van der Waals surface area contributed by atoms with Crippen molar-refractivity contribution in [1.29, 1.82) is 0 Å². The van der Waals surface area contributed by atoms with Gasteiger partial charge in [0.15, 0.2) is 0 Å². The zero-order valence-electron chi connectivity index (χ0n) is 12.5. The van der Waals surface area contributed by atoms with Crippen LogP contribution in [0.1, 0.15) is 26.2 Å². The van der Waals surface area contributed by atoms with Crippen LogP contribution in [0.3, 0.4) is 0 Å². The molecule has 118 valence electrons. The van der Waals surface area contributed by atoms with Crippen molar-refractivity contribution in [3.63, 3.8) is 0 Å². The van der Waals surface area contributed by atoms with Gasteiger partial charge < -0.3 is 10.1 Å². The van der Waals surface area contributed by atoms with E-state index in [4.69, 9.17) is 4.74 Å². The van der Waals surface area contributed by atoms with Crippen LogP contribution in [0.2, 0.25) is 0 Å². The molecular formula is C13H27N3O3S. The fourth-order valence-corrected chi connectivity index (χ4v) is 4.60. The molecule has 0 aromatic carbocycles. The van der Waals surface area contributed by atoms with E-state index in [1.165, 1.54) is 0 Å². The first-order valence-electron chi connectivity index (χ1n) is 7.59. The maximum Gasteiger partial charge on any atom is 0.282 e. The van der Waals surface area contributed by atoms with Crippen LogP contribution < -0.4 is 5.32 Å². The summed E-state index contributed by atoms with van der Waals surface area (Å²) in [5.41, 5.74) is 0. The molecule has 1 N–H and O–H groups in total. The summed E-state index contributed by atoms with van der Waals surface area (Å²) >= 11 is 0. The predicted molar refractivity (Wildman–Crippen MR) is 78.7 cm³/mol. The number of nitrogens with one attached hydrogen (secondary N) is 1. The minimum Gasteiger partial charge on any atom is -0.375 e. The van der Waals surface area contributed by atoms with Crippen LogP contribution >= 0.6 is 0 Å². The fourth-order valence-electron chi connectivity index (χ4n) is 2.94. The molecule has 0 radical (unpaired) electrons. The van der Waals surface area contributed by atoms with E-state index in [0.29, 0.717) is 38.7 Å². The van der Waals surface area contributed by atoms with Crippen LogP contribution in [0.25, 0.3) is 0 Å². The highest BCUT2D eigenvalue weighted by Gasteiger charge is 2.35. The second-order valence-electron chi connectivity index (χ2n) is 5.67. The number of morpholine rings is 1. The molecule has 0 spiro atoms. The minimum absolute atomic E-state index is 0.0420. The summed E-state index contributed by atoms with van der Waals surface area (Å²) in [5.74, 6) is 0.597. The molecular weight excluding hydrogens is 278 g/mol. The molecule has 0 amide bonds. The highest BCUT2D eigenvalue weighted by Crippen LogP contribution is 2.22. The Morgan fingerprint density at radius 1 is 1.20 bits per heavy atom. The molecule has 1 atom stereocenters. The molecule has 0 aliphatic carbocycles. The first-order valence-corrected chi connectivity index (χ1v) is 8.99. The lowest BCUT2D eigenvalue weighted by atomic mass is 9.98. The SMILES string of the molecule is CCC1CN(S(=O)(=O)N2CCC(CNC)CC2)CCO1. The Kier molecular flexibility index (Phi) is 5.80. The molecule has 1 unspecified atom stereocenters. The van der Waals surface area contributed by atoms with E-state index in [1.807, 2.05) is 14.0 Å². The van der Waals surface area contributed by atoms with E-state index in [9.17, 15) is 8.42 Å². The van der Waals surface area contributed by atoms with Gasteiger partial charge in [-0.25, -0.2) is 0 Å². The normalized spacial score (nSPS) is 27.8. The van der Waals surface area contributed by atoms with Crippen molar-refractivity contribution < 1.29 is 13.2 Å². The van der Waals surface area contributed by atoms with Gasteiger partial charge in [-0.3, -0.25) is 0 Å². The van der Waals surface area contributed by atoms with Gasteiger partial charge in [0.25, 0.3) is 10.2 Å². The van der Waals surface area contributed by atoms with E-state index in [-0.39, 0.29) is 6.10 Å². The smallest absolute Gasteiger partial charge is 0.282 e. The van der Waals surface area contributed by atoms with E-state index in [2.05, 4.69) is 5.32 Å². The number of rotatable bonds is 5. The molecule has 2 fully saturated rings. The van der Waals surface area contributed by atoms with Crippen molar-refractivity contribution in [3.05, 3.63) is 0 Å². The van der Waals surface area contributed by atoms with Crippen molar-refractivity contribution in [2.24, 2.45) is 5.92 Å². The third-order valence-corrected chi connectivity index (χ3v) is 6.28. The van der Waals surface area contributed by atoms with Crippen LogP contribution in [0.15, 0.2) is 0 Å². The lowest BCUT2D eigenvalue weighted by molar-refractivity contribution is -0.00482. The Labute approximate surface area is 122 Å². The Hall–Kier alpha value is -0.210. The zero-order chi connectivity index (χ0) is 14.6. The van der Waals surface area contributed by atoms with Gasteiger partial charge >= 0.3 is 0 Å². The van der Waals surface area contributed by atoms with Gasteiger partial charge in [0, 0.05) is 26.2 Å². The number of nitrogens with zero attached hydrogens (tertiary/aromatic N) is 2. The topological polar surface area (TPSA) is 61.9 Å². The van der Waals surface area contributed by atoms with Crippen molar-refractivity contribution in [2.75, 3.05) is 46.4 Å². The first kappa shape index (κ1) is 16.2. The third-order valence-electron chi connectivity index (χ3n) is 4.28. The monoisotopic (exact) mass is 305 g/mol. The van der Waals surface area contributed by atoms with Crippen LogP contribution in [0.5, 0.6) is 0 Å². The second kappa shape index (κ2) is 7.17. The van der Waals surface area contributed by atoms with Gasteiger partial charge in [0.1, 0.15) is 0 Å². The molecule has 2 aliphatic heterocycles. The van der Waals surface area contributed by atoms with Crippen molar-refractivity contribution in [3.8, 4) is 0 Å². The summed E-state index contributed by atoms with van der Waals surface area (Å²) in [6.45, 7) is 5.78. The Balaban J connectivity index is 1.93. The summed E-state index contributed by atoms with van der Waals surface area (Å²) < 4.78 is 34.1. The number of piperidine rings is 1. The standard InChI is InChI=1S/C13H27N3O3S/c1-3-13-11-16(8-9-19-13)20(17,18)15-6-4-12(5-7-15)10-14-2/h12-14H,3-11H2,1-2H3. The summed E-state index contributed by atoms with van der Waals surface area (Å²) in [7, 11) is -1.35. The maximum atomic E-state index is 12.6. The summed E-state index contributed by atoms with van der Waals surface area (Å²) in [5, 5.41) is 3.17. The van der Waals surface area contributed by atoms with Crippen LogP contribution in [-0.4, -0.2) is 69.5 Å². The third kappa shape index (κ3) is 3.71. The van der Waals surface area contributed by atoms with Crippen molar-refractivity contribution >= 4 is 10.2 Å². The highest BCUT2D eigenvalue weighted by molar-refractivity contribution is 7.86. The molecule has 2 saturated heterocycles. The van der Waals surface area contributed by atoms with E-state index in [0.717, 1.165) is 25.8 Å². The molecule has 7 heteroatoms. The number of ether oxygens (including phenoxy) is 1. The predicted octanol–water partition coefficient (Wildman–Crippen LogP) is 0.273. The quantitative estimate of drug-likeness (QED) is 0.792. The fraction of sp³-hybridized carbons (Fsp3) is 1.00. The van der Waals surface area contributed by atoms with Crippen molar-refractivity contribution in [1.82, 2.24) is 13.9 Å². The van der Waals surface area contributed by atoms with Crippen LogP contribution in [-0.2, 0) is 14.9 Å². The molecule has 2 aliphatic rings. The van der Waals surface area contributed by atoms with Gasteiger partial charge in [0.05, 0.1) is 12.7 Å². The lowest BCUT2D eigenvalue weighted by Gasteiger charge is -2.38.